The molecule has 12 heteroatoms. The van der Waals surface area contributed by atoms with E-state index in [2.05, 4.69) is 16.0 Å². The number of likely N-dealkylation sites (N-methyl/N-ethyl adjacent to an activating group) is 1. The van der Waals surface area contributed by atoms with Crippen LogP contribution in [-0.2, 0) is 24.0 Å². The SMILES string of the molecule is CNC(=O)C(=O)[C@H](C[C@@H]1CCNC1=O)NC(=O)[C@@H]1[C@H]2CCC[C@H]2CN1C(=O)COc1ccc(-c2ccc(F)cc2)c(F)c1. The second-order valence-electron chi connectivity index (χ2n) is 11.3. The predicted molar refractivity (Wildman–Crippen MR) is 150 cm³/mol. The molecule has 0 bridgehead atoms. The minimum absolute atomic E-state index is 0.0266. The fourth-order valence-corrected chi connectivity index (χ4v) is 6.50. The van der Waals surface area contributed by atoms with E-state index in [0.717, 1.165) is 25.3 Å². The second-order valence-corrected chi connectivity index (χ2v) is 11.3. The van der Waals surface area contributed by atoms with Gasteiger partial charge in [0.2, 0.25) is 17.6 Å². The monoisotopic (exact) mass is 596 g/mol. The van der Waals surface area contributed by atoms with Crippen LogP contribution in [0.2, 0.25) is 0 Å². The van der Waals surface area contributed by atoms with Crippen LogP contribution in [0.5, 0.6) is 5.75 Å². The lowest BCUT2D eigenvalue weighted by Crippen LogP contribution is -2.55. The summed E-state index contributed by atoms with van der Waals surface area (Å²) in [4.78, 5) is 65.7. The summed E-state index contributed by atoms with van der Waals surface area (Å²) in [5.41, 5.74) is 0.736. The van der Waals surface area contributed by atoms with E-state index in [0.29, 0.717) is 25.1 Å². The van der Waals surface area contributed by atoms with Gasteiger partial charge >= 0.3 is 0 Å². The predicted octanol–water partition coefficient (Wildman–Crippen LogP) is 1.96. The quantitative estimate of drug-likeness (QED) is 0.359. The van der Waals surface area contributed by atoms with E-state index in [-0.39, 0.29) is 35.5 Å². The zero-order chi connectivity index (χ0) is 30.7. The number of hydrogen-bond donors (Lipinski definition) is 3. The standard InChI is InChI=1S/C31H34F2N4O6/c1-34-31(42)28(39)25(13-18-11-12-35-29(18)40)36-30(41)27-23-4-2-3-19(23)15-37(27)26(38)16-43-21-9-10-22(24(33)14-21)17-5-7-20(32)8-6-17/h5-10,14,18-19,23,25,27H,2-4,11-13,15-16H2,1H3,(H,34,42)(H,35,40)(H,36,41)/t18-,19-,23-,25-,27-/m0/s1. The molecule has 228 valence electrons. The van der Waals surface area contributed by atoms with Crippen molar-refractivity contribution in [1.82, 2.24) is 20.9 Å². The number of ether oxygens (including phenoxy) is 1. The van der Waals surface area contributed by atoms with Crippen molar-refractivity contribution in [2.75, 3.05) is 26.7 Å². The number of benzene rings is 2. The third kappa shape index (κ3) is 6.52. The Hall–Kier alpha value is -4.35. The minimum atomic E-state index is -1.22. The summed E-state index contributed by atoms with van der Waals surface area (Å²) in [5.74, 6) is -4.48. The molecule has 2 saturated heterocycles. The van der Waals surface area contributed by atoms with Crippen LogP contribution in [0.1, 0.15) is 32.1 Å². The molecule has 4 amide bonds. The molecule has 10 nitrogen and oxygen atoms in total. The van der Waals surface area contributed by atoms with E-state index >= 15 is 0 Å². The topological polar surface area (TPSA) is 134 Å². The van der Waals surface area contributed by atoms with Gasteiger partial charge in [0.1, 0.15) is 23.4 Å². The Kier molecular flexibility index (Phi) is 9.02. The fraction of sp³-hybridized carbons (Fsp3) is 0.452. The average molecular weight is 597 g/mol. The molecule has 3 aliphatic rings. The Morgan fingerprint density at radius 2 is 1.84 bits per heavy atom. The van der Waals surface area contributed by atoms with Crippen LogP contribution in [0.15, 0.2) is 42.5 Å². The summed E-state index contributed by atoms with van der Waals surface area (Å²) in [6.45, 7) is 0.342. The smallest absolute Gasteiger partial charge is 0.289 e. The van der Waals surface area contributed by atoms with Crippen molar-refractivity contribution in [3.8, 4) is 16.9 Å². The molecule has 5 rings (SSSR count). The Morgan fingerprint density at radius 1 is 1.07 bits per heavy atom. The highest BCUT2D eigenvalue weighted by molar-refractivity contribution is 6.38. The maximum Gasteiger partial charge on any atom is 0.289 e. The lowest BCUT2D eigenvalue weighted by atomic mass is 9.91. The molecule has 2 aromatic rings. The molecule has 2 heterocycles. The first kappa shape index (κ1) is 30.1. The number of Topliss-reactive ketones (excluding diaryl/α,β-unsaturated/α-hetero) is 1. The molecule has 0 unspecified atom stereocenters. The third-order valence-electron chi connectivity index (χ3n) is 8.70. The number of rotatable bonds is 10. The van der Waals surface area contributed by atoms with Gasteiger partial charge in [-0.25, -0.2) is 8.78 Å². The first-order chi connectivity index (χ1) is 20.7. The molecule has 3 N–H and O–H groups in total. The highest BCUT2D eigenvalue weighted by Gasteiger charge is 2.50. The van der Waals surface area contributed by atoms with Gasteiger partial charge in [-0.15, -0.1) is 0 Å². The number of amides is 4. The number of fused-ring (bicyclic) bond motifs is 1. The van der Waals surface area contributed by atoms with Crippen molar-refractivity contribution in [2.45, 2.75) is 44.2 Å². The van der Waals surface area contributed by atoms with Crippen molar-refractivity contribution in [1.29, 1.82) is 0 Å². The fourth-order valence-electron chi connectivity index (χ4n) is 6.50. The molecule has 0 radical (unpaired) electrons. The van der Waals surface area contributed by atoms with Gasteiger partial charge in [0.15, 0.2) is 6.61 Å². The number of nitrogens with zero attached hydrogens (tertiary/aromatic N) is 1. The van der Waals surface area contributed by atoms with E-state index in [4.69, 9.17) is 4.74 Å². The van der Waals surface area contributed by atoms with Gasteiger partial charge in [0.25, 0.3) is 11.8 Å². The molecule has 43 heavy (non-hydrogen) atoms. The normalized spacial score (nSPS) is 23.3. The van der Waals surface area contributed by atoms with Gasteiger partial charge in [-0.2, -0.15) is 0 Å². The van der Waals surface area contributed by atoms with Crippen molar-refractivity contribution < 1.29 is 37.5 Å². The molecular formula is C31H34F2N4O6. The summed E-state index contributed by atoms with van der Waals surface area (Å²) in [6.07, 6.45) is 2.93. The summed E-state index contributed by atoms with van der Waals surface area (Å²) in [6, 6.07) is 7.42. The molecule has 0 aromatic heterocycles. The van der Waals surface area contributed by atoms with E-state index in [1.165, 1.54) is 48.3 Å². The van der Waals surface area contributed by atoms with E-state index in [1.807, 2.05) is 0 Å². The van der Waals surface area contributed by atoms with Crippen LogP contribution in [0.3, 0.4) is 0 Å². The highest BCUT2D eigenvalue weighted by Crippen LogP contribution is 2.42. The van der Waals surface area contributed by atoms with Gasteiger partial charge in [-0.1, -0.05) is 18.6 Å². The van der Waals surface area contributed by atoms with Crippen molar-refractivity contribution in [3.63, 3.8) is 0 Å². The molecule has 1 aliphatic carbocycles. The number of ketones is 1. The average Bonchev–Trinajstić information content (AvgIpc) is 3.71. The van der Waals surface area contributed by atoms with Gasteiger partial charge in [-0.05, 0) is 67.3 Å². The molecule has 1 saturated carbocycles. The maximum absolute atomic E-state index is 14.8. The van der Waals surface area contributed by atoms with E-state index in [1.54, 1.807) is 0 Å². The number of nitrogens with one attached hydrogen (secondary N) is 3. The maximum atomic E-state index is 14.8. The molecule has 0 spiro atoms. The van der Waals surface area contributed by atoms with Gasteiger partial charge in [-0.3, -0.25) is 24.0 Å². The first-order valence-corrected chi connectivity index (χ1v) is 14.5. The van der Waals surface area contributed by atoms with Gasteiger partial charge < -0.3 is 25.6 Å². The second kappa shape index (κ2) is 12.9. The summed E-state index contributed by atoms with van der Waals surface area (Å²) < 4.78 is 33.7. The number of likely N-dealkylation sites (tertiary alicyclic amines) is 1. The Morgan fingerprint density at radius 3 is 2.51 bits per heavy atom. The van der Waals surface area contributed by atoms with Crippen LogP contribution in [0, 0.1) is 29.4 Å². The number of hydrogen-bond acceptors (Lipinski definition) is 6. The Labute approximate surface area is 247 Å². The van der Waals surface area contributed by atoms with Gasteiger partial charge in [0.05, 0.1) is 6.04 Å². The summed E-state index contributed by atoms with van der Waals surface area (Å²) in [5, 5.41) is 7.66. The van der Waals surface area contributed by atoms with Crippen molar-refractivity contribution in [2.24, 2.45) is 17.8 Å². The third-order valence-corrected chi connectivity index (χ3v) is 8.70. The zero-order valence-electron chi connectivity index (χ0n) is 23.7. The summed E-state index contributed by atoms with van der Waals surface area (Å²) in [7, 11) is 1.31. The summed E-state index contributed by atoms with van der Waals surface area (Å²) >= 11 is 0. The first-order valence-electron chi connectivity index (χ1n) is 14.5. The largest absolute Gasteiger partial charge is 0.484 e. The number of halogens is 2. The number of carbonyl (C=O) groups excluding carboxylic acids is 5. The molecule has 5 atom stereocenters. The van der Waals surface area contributed by atoms with E-state index in [9.17, 15) is 32.8 Å². The van der Waals surface area contributed by atoms with Gasteiger partial charge in [0, 0.05) is 37.7 Å². The molecule has 2 aromatic carbocycles. The van der Waals surface area contributed by atoms with Crippen LogP contribution in [0.4, 0.5) is 8.78 Å². The lowest BCUT2D eigenvalue weighted by Gasteiger charge is -2.29. The molecule has 2 aliphatic heterocycles. The van der Waals surface area contributed by atoms with E-state index < -0.39 is 59.7 Å². The lowest BCUT2D eigenvalue weighted by molar-refractivity contribution is -0.143. The Balaban J connectivity index is 1.28. The van der Waals surface area contributed by atoms with Crippen LogP contribution >= 0.6 is 0 Å². The van der Waals surface area contributed by atoms with Crippen molar-refractivity contribution in [3.05, 3.63) is 54.1 Å². The Bertz CT molecular complexity index is 1420. The molecular weight excluding hydrogens is 562 g/mol. The van der Waals surface area contributed by atoms with Crippen LogP contribution < -0.4 is 20.7 Å². The zero-order valence-corrected chi connectivity index (χ0v) is 23.7. The highest BCUT2D eigenvalue weighted by atomic mass is 19.1. The molecule has 3 fully saturated rings. The number of carbonyl (C=O) groups is 5. The van der Waals surface area contributed by atoms with Crippen molar-refractivity contribution >= 4 is 29.4 Å². The van der Waals surface area contributed by atoms with Crippen LogP contribution in [0.25, 0.3) is 11.1 Å². The van der Waals surface area contributed by atoms with Crippen LogP contribution in [-0.4, -0.2) is 73.1 Å². The minimum Gasteiger partial charge on any atom is -0.484 e.